The van der Waals surface area contributed by atoms with Gasteiger partial charge in [0.05, 0.1) is 35.2 Å². The average molecular weight is 430 g/mol. The molecule has 1 N–H and O–H groups in total. The van der Waals surface area contributed by atoms with Crippen LogP contribution in [0.25, 0.3) is 0 Å². The number of ether oxygens (including phenoxy) is 1. The Hall–Kier alpha value is -3.01. The Morgan fingerprint density at radius 2 is 1.87 bits per heavy atom. The normalized spacial score (nSPS) is 16.6. The Morgan fingerprint density at radius 3 is 2.53 bits per heavy atom. The lowest BCUT2D eigenvalue weighted by Crippen LogP contribution is -2.28. The van der Waals surface area contributed by atoms with Gasteiger partial charge in [0, 0.05) is 6.42 Å². The van der Waals surface area contributed by atoms with Crippen LogP contribution in [0.4, 0.5) is 4.79 Å². The summed E-state index contributed by atoms with van der Waals surface area (Å²) in [4.78, 5) is 24.4. The van der Waals surface area contributed by atoms with Gasteiger partial charge in [-0.25, -0.2) is 13.2 Å². The first kappa shape index (κ1) is 20.3. The summed E-state index contributed by atoms with van der Waals surface area (Å²) in [5.74, 6) is 0.705. The van der Waals surface area contributed by atoms with Crippen molar-refractivity contribution in [3.63, 3.8) is 0 Å². The summed E-state index contributed by atoms with van der Waals surface area (Å²) in [6, 6.07) is 9.48. The van der Waals surface area contributed by atoms with Crippen molar-refractivity contribution >= 4 is 21.8 Å². The third-order valence-electron chi connectivity index (χ3n) is 4.97. The van der Waals surface area contributed by atoms with E-state index in [1.165, 1.54) is 17.7 Å². The molecular weight excluding hydrogens is 408 g/mol. The van der Waals surface area contributed by atoms with Gasteiger partial charge in [0.25, 0.3) is 0 Å². The number of urea groups is 1. The van der Waals surface area contributed by atoms with Gasteiger partial charge in [0.2, 0.25) is 5.91 Å². The van der Waals surface area contributed by atoms with E-state index in [1.54, 1.807) is 36.4 Å². The Morgan fingerprint density at radius 1 is 1.10 bits per heavy atom. The molecule has 10 heteroatoms. The highest BCUT2D eigenvalue weighted by molar-refractivity contribution is 7.91. The number of rotatable bonds is 9. The lowest BCUT2D eigenvalue weighted by atomic mass is 10.3. The molecule has 0 bridgehead atoms. The molecule has 0 radical (unpaired) electrons. The summed E-state index contributed by atoms with van der Waals surface area (Å²) in [6.07, 6.45) is 2.55. The van der Waals surface area contributed by atoms with Crippen molar-refractivity contribution < 1.29 is 22.7 Å². The second kappa shape index (κ2) is 8.39. The van der Waals surface area contributed by atoms with Crippen molar-refractivity contribution in [2.24, 2.45) is 5.92 Å². The number of aromatic nitrogens is 2. The van der Waals surface area contributed by atoms with Crippen molar-refractivity contribution in [2.75, 3.05) is 18.9 Å². The van der Waals surface area contributed by atoms with Gasteiger partial charge in [-0.2, -0.15) is 10.2 Å². The van der Waals surface area contributed by atoms with E-state index in [-0.39, 0.29) is 36.1 Å². The number of benzene rings is 1. The standard InChI is InChI=1S/C20H22N4O5S/c25-19-12-24(20(26)21-19)11-16-7-6-15(22-23-16)8-9-30(27,28)18-3-1-2-17(10-18)29-13-14-4-5-14/h1-3,6-7,10,14H,4-5,8-9,11-13H2,(H,21,25,26). The van der Waals surface area contributed by atoms with E-state index < -0.39 is 15.9 Å². The number of aryl methyl sites for hydroxylation is 1. The van der Waals surface area contributed by atoms with E-state index in [2.05, 4.69) is 15.5 Å². The summed E-state index contributed by atoms with van der Waals surface area (Å²) in [7, 11) is -3.49. The second-order valence-corrected chi connectivity index (χ2v) is 9.63. The van der Waals surface area contributed by atoms with Crippen LogP contribution in [0.2, 0.25) is 0 Å². The molecule has 3 amide bonds. The van der Waals surface area contributed by atoms with E-state index in [4.69, 9.17) is 4.74 Å². The van der Waals surface area contributed by atoms with Crippen LogP contribution in [0.1, 0.15) is 24.2 Å². The van der Waals surface area contributed by atoms with Crippen molar-refractivity contribution in [1.82, 2.24) is 20.4 Å². The maximum Gasteiger partial charge on any atom is 0.324 e. The fourth-order valence-electron chi connectivity index (χ4n) is 3.02. The van der Waals surface area contributed by atoms with Gasteiger partial charge in [-0.3, -0.25) is 10.1 Å². The van der Waals surface area contributed by atoms with E-state index in [0.29, 0.717) is 29.7 Å². The smallest absolute Gasteiger partial charge is 0.324 e. The summed E-state index contributed by atoms with van der Waals surface area (Å²) < 4.78 is 31.0. The van der Waals surface area contributed by atoms with E-state index in [0.717, 1.165) is 0 Å². The number of nitrogens with one attached hydrogen (secondary N) is 1. The topological polar surface area (TPSA) is 119 Å². The largest absolute Gasteiger partial charge is 0.493 e. The van der Waals surface area contributed by atoms with Crippen LogP contribution in [-0.2, 0) is 27.6 Å². The fraction of sp³-hybridized carbons (Fsp3) is 0.400. The summed E-state index contributed by atoms with van der Waals surface area (Å²) in [5, 5.41) is 10.3. The number of hydrogen-bond donors (Lipinski definition) is 1. The summed E-state index contributed by atoms with van der Waals surface area (Å²) >= 11 is 0. The zero-order valence-corrected chi connectivity index (χ0v) is 17.1. The third-order valence-corrected chi connectivity index (χ3v) is 6.68. The van der Waals surface area contributed by atoms with Gasteiger partial charge in [-0.1, -0.05) is 6.07 Å². The minimum Gasteiger partial charge on any atom is -0.493 e. The molecular formula is C20H22N4O5S. The van der Waals surface area contributed by atoms with Gasteiger partial charge < -0.3 is 9.64 Å². The van der Waals surface area contributed by atoms with Crippen LogP contribution in [0.3, 0.4) is 0 Å². The molecule has 2 heterocycles. The number of nitrogens with zero attached hydrogens (tertiary/aromatic N) is 3. The van der Waals surface area contributed by atoms with Crippen molar-refractivity contribution in [3.05, 3.63) is 47.8 Å². The first-order valence-corrected chi connectivity index (χ1v) is 11.4. The monoisotopic (exact) mass is 430 g/mol. The number of carbonyl (C=O) groups excluding carboxylic acids is 2. The maximum atomic E-state index is 12.7. The summed E-state index contributed by atoms with van der Waals surface area (Å²) in [6.45, 7) is 0.777. The molecule has 2 aromatic rings. The molecule has 1 aromatic heterocycles. The lowest BCUT2D eigenvalue weighted by Gasteiger charge is -2.12. The Labute approximate surface area is 174 Å². The van der Waals surface area contributed by atoms with Crippen molar-refractivity contribution in [3.8, 4) is 5.75 Å². The van der Waals surface area contributed by atoms with Gasteiger partial charge in [0.1, 0.15) is 12.3 Å². The molecule has 30 heavy (non-hydrogen) atoms. The van der Waals surface area contributed by atoms with Crippen LogP contribution in [0.5, 0.6) is 5.75 Å². The highest BCUT2D eigenvalue weighted by Gasteiger charge is 2.27. The second-order valence-electron chi connectivity index (χ2n) is 7.52. The molecule has 4 rings (SSSR count). The molecule has 0 spiro atoms. The molecule has 9 nitrogen and oxygen atoms in total. The Kier molecular flexibility index (Phi) is 5.67. The van der Waals surface area contributed by atoms with Crippen LogP contribution < -0.4 is 10.1 Å². The molecule has 1 aliphatic heterocycles. The van der Waals surface area contributed by atoms with Crippen molar-refractivity contribution in [1.29, 1.82) is 0 Å². The molecule has 158 valence electrons. The number of carbonyl (C=O) groups is 2. The number of hydrogen-bond acceptors (Lipinski definition) is 7. The lowest BCUT2D eigenvalue weighted by molar-refractivity contribution is -0.118. The summed E-state index contributed by atoms with van der Waals surface area (Å²) in [5.41, 5.74) is 1.05. The van der Waals surface area contributed by atoms with Gasteiger partial charge in [0.15, 0.2) is 9.84 Å². The SMILES string of the molecule is O=C1CN(Cc2ccc(CCS(=O)(=O)c3cccc(OCC4CC4)c3)nn2)C(=O)N1. The van der Waals surface area contributed by atoms with Crippen LogP contribution in [-0.4, -0.2) is 54.4 Å². The van der Waals surface area contributed by atoms with E-state index >= 15 is 0 Å². The van der Waals surface area contributed by atoms with Crippen LogP contribution in [0.15, 0.2) is 41.3 Å². The highest BCUT2D eigenvalue weighted by atomic mass is 32.2. The minimum absolute atomic E-state index is 0.00998. The van der Waals surface area contributed by atoms with E-state index in [1.807, 2.05) is 0 Å². The Bertz CT molecular complexity index is 1050. The Balaban J connectivity index is 1.33. The molecule has 2 fully saturated rings. The molecule has 1 saturated carbocycles. The first-order valence-electron chi connectivity index (χ1n) is 9.75. The minimum atomic E-state index is -3.49. The zero-order valence-electron chi connectivity index (χ0n) is 16.3. The highest BCUT2D eigenvalue weighted by Crippen LogP contribution is 2.30. The molecule has 0 unspecified atom stereocenters. The zero-order chi connectivity index (χ0) is 21.1. The third kappa shape index (κ3) is 5.12. The quantitative estimate of drug-likeness (QED) is 0.596. The number of amides is 3. The van der Waals surface area contributed by atoms with E-state index in [9.17, 15) is 18.0 Å². The first-order chi connectivity index (χ1) is 14.4. The average Bonchev–Trinajstić information content (AvgIpc) is 3.50. The molecule has 0 atom stereocenters. The van der Waals surface area contributed by atoms with Gasteiger partial charge in [-0.15, -0.1) is 0 Å². The number of imide groups is 1. The van der Waals surface area contributed by atoms with Crippen LogP contribution >= 0.6 is 0 Å². The molecule has 2 aliphatic rings. The fourth-order valence-corrected chi connectivity index (χ4v) is 4.32. The predicted octanol–water partition coefficient (Wildman–Crippen LogP) is 1.33. The number of sulfone groups is 1. The molecule has 1 saturated heterocycles. The molecule has 1 aromatic carbocycles. The van der Waals surface area contributed by atoms with Crippen molar-refractivity contribution in [2.45, 2.75) is 30.7 Å². The maximum absolute atomic E-state index is 12.7. The molecule has 1 aliphatic carbocycles. The van der Waals surface area contributed by atoms with Gasteiger partial charge >= 0.3 is 6.03 Å². The predicted molar refractivity (Wildman–Crippen MR) is 106 cm³/mol. The van der Waals surface area contributed by atoms with Crippen LogP contribution in [0, 0.1) is 5.92 Å². The van der Waals surface area contributed by atoms with Gasteiger partial charge in [-0.05, 0) is 49.1 Å².